The van der Waals surface area contributed by atoms with Gasteiger partial charge in [0.05, 0.1) is 12.3 Å². The lowest BCUT2D eigenvalue weighted by atomic mass is 10.2. The van der Waals surface area contributed by atoms with E-state index in [1.807, 2.05) is 0 Å². The molecule has 8 heavy (non-hydrogen) atoms. The zero-order chi connectivity index (χ0) is 6.15. The Morgan fingerprint density at radius 3 is 2.25 bits per heavy atom. The molecule has 4 heteroatoms. The number of aliphatic hydroxyl groups is 2. The SMILES string of the molecule is NC1NC[C@H](O)[C@H]1O. The fourth-order valence-electron chi connectivity index (χ4n) is 0.738. The van der Waals surface area contributed by atoms with Crippen molar-refractivity contribution in [1.82, 2.24) is 5.32 Å². The van der Waals surface area contributed by atoms with Gasteiger partial charge in [-0.05, 0) is 0 Å². The molecule has 0 aliphatic carbocycles. The molecule has 0 aromatic carbocycles. The van der Waals surface area contributed by atoms with Gasteiger partial charge in [-0.3, -0.25) is 5.32 Å². The molecule has 1 aliphatic rings. The summed E-state index contributed by atoms with van der Waals surface area (Å²) in [6.45, 7) is 0.391. The van der Waals surface area contributed by atoms with E-state index in [9.17, 15) is 0 Å². The lowest BCUT2D eigenvalue weighted by Gasteiger charge is -2.08. The van der Waals surface area contributed by atoms with Crippen LogP contribution >= 0.6 is 0 Å². The monoisotopic (exact) mass is 118 g/mol. The second-order valence-corrected chi connectivity index (χ2v) is 1.99. The van der Waals surface area contributed by atoms with E-state index in [0.29, 0.717) is 6.54 Å². The van der Waals surface area contributed by atoms with Crippen LogP contribution in [0.1, 0.15) is 0 Å². The molecule has 0 aromatic heterocycles. The summed E-state index contributed by atoms with van der Waals surface area (Å²) in [4.78, 5) is 0. The summed E-state index contributed by atoms with van der Waals surface area (Å²) in [7, 11) is 0. The molecule has 5 N–H and O–H groups in total. The van der Waals surface area contributed by atoms with Crippen LogP contribution in [-0.2, 0) is 0 Å². The molecule has 1 fully saturated rings. The fourth-order valence-corrected chi connectivity index (χ4v) is 0.738. The van der Waals surface area contributed by atoms with E-state index in [1.165, 1.54) is 0 Å². The first-order valence-corrected chi connectivity index (χ1v) is 2.57. The van der Waals surface area contributed by atoms with Gasteiger partial charge in [0.15, 0.2) is 0 Å². The summed E-state index contributed by atoms with van der Waals surface area (Å²) in [6.07, 6.45) is -1.94. The molecule has 0 radical (unpaired) electrons. The van der Waals surface area contributed by atoms with Crippen molar-refractivity contribution in [1.29, 1.82) is 0 Å². The van der Waals surface area contributed by atoms with Gasteiger partial charge in [-0.2, -0.15) is 0 Å². The predicted molar refractivity (Wildman–Crippen MR) is 28.0 cm³/mol. The number of nitrogens with one attached hydrogen (secondary N) is 1. The lowest BCUT2D eigenvalue weighted by molar-refractivity contribution is 0.0417. The number of β-amino-alcohol motifs (C(OH)–C–C–N with tert-alkyl or cyclic N) is 1. The van der Waals surface area contributed by atoms with E-state index in [-0.39, 0.29) is 0 Å². The second-order valence-electron chi connectivity index (χ2n) is 1.99. The molecule has 0 saturated carbocycles. The summed E-state index contributed by atoms with van der Waals surface area (Å²) in [5.41, 5.74) is 5.25. The second kappa shape index (κ2) is 1.99. The van der Waals surface area contributed by atoms with Crippen molar-refractivity contribution in [2.24, 2.45) is 5.73 Å². The van der Waals surface area contributed by atoms with Crippen molar-refractivity contribution in [2.45, 2.75) is 18.4 Å². The zero-order valence-electron chi connectivity index (χ0n) is 4.41. The largest absolute Gasteiger partial charge is 0.389 e. The Morgan fingerprint density at radius 1 is 1.50 bits per heavy atom. The molecule has 1 unspecified atom stereocenters. The zero-order valence-corrected chi connectivity index (χ0v) is 4.41. The van der Waals surface area contributed by atoms with E-state index < -0.39 is 18.4 Å². The van der Waals surface area contributed by atoms with Crippen LogP contribution in [0.2, 0.25) is 0 Å². The topological polar surface area (TPSA) is 78.5 Å². The Bertz CT molecular complexity index is 78.1. The summed E-state index contributed by atoms with van der Waals surface area (Å²) in [5, 5.41) is 20.3. The summed E-state index contributed by atoms with van der Waals surface area (Å²) in [6, 6.07) is 0. The number of aliphatic hydroxyl groups excluding tert-OH is 2. The Kier molecular flexibility index (Phi) is 1.48. The summed E-state index contributed by atoms with van der Waals surface area (Å²) < 4.78 is 0. The minimum absolute atomic E-state index is 0.391. The minimum Gasteiger partial charge on any atom is -0.389 e. The third-order valence-corrected chi connectivity index (χ3v) is 1.32. The van der Waals surface area contributed by atoms with Gasteiger partial charge in [-0.15, -0.1) is 0 Å². The van der Waals surface area contributed by atoms with Gasteiger partial charge in [0.1, 0.15) is 6.10 Å². The van der Waals surface area contributed by atoms with Crippen molar-refractivity contribution in [3.05, 3.63) is 0 Å². The molecule has 1 heterocycles. The Hall–Kier alpha value is -0.160. The predicted octanol–water partition coefficient (Wildman–Crippen LogP) is -2.40. The number of hydrogen-bond acceptors (Lipinski definition) is 4. The van der Waals surface area contributed by atoms with Crippen LogP contribution < -0.4 is 11.1 Å². The van der Waals surface area contributed by atoms with Crippen LogP contribution in [0, 0.1) is 0 Å². The summed E-state index contributed by atoms with van der Waals surface area (Å²) in [5.74, 6) is 0. The van der Waals surface area contributed by atoms with Gasteiger partial charge in [0, 0.05) is 6.54 Å². The van der Waals surface area contributed by atoms with E-state index in [0.717, 1.165) is 0 Å². The van der Waals surface area contributed by atoms with Crippen LogP contribution in [0.5, 0.6) is 0 Å². The van der Waals surface area contributed by atoms with Gasteiger partial charge in [0.25, 0.3) is 0 Å². The van der Waals surface area contributed by atoms with Crippen molar-refractivity contribution in [3.63, 3.8) is 0 Å². The smallest absolute Gasteiger partial charge is 0.109 e. The average Bonchev–Trinajstić information content (AvgIpc) is 1.98. The fraction of sp³-hybridized carbons (Fsp3) is 1.00. The number of nitrogens with two attached hydrogens (primary N) is 1. The molecule has 3 atom stereocenters. The molecule has 4 nitrogen and oxygen atoms in total. The normalized spacial score (nSPS) is 47.6. The maximum Gasteiger partial charge on any atom is 0.109 e. The Labute approximate surface area is 47.3 Å². The van der Waals surface area contributed by atoms with Crippen molar-refractivity contribution >= 4 is 0 Å². The van der Waals surface area contributed by atoms with Gasteiger partial charge in [-0.25, -0.2) is 0 Å². The molecule has 1 saturated heterocycles. The highest BCUT2D eigenvalue weighted by Gasteiger charge is 2.29. The third kappa shape index (κ3) is 0.830. The Balaban J connectivity index is 2.44. The van der Waals surface area contributed by atoms with Gasteiger partial charge < -0.3 is 15.9 Å². The van der Waals surface area contributed by atoms with Gasteiger partial charge in [-0.1, -0.05) is 0 Å². The third-order valence-electron chi connectivity index (χ3n) is 1.32. The van der Waals surface area contributed by atoms with Crippen molar-refractivity contribution < 1.29 is 10.2 Å². The minimum atomic E-state index is -0.796. The molecular formula is C4H10N2O2. The van der Waals surface area contributed by atoms with Crippen molar-refractivity contribution in [2.75, 3.05) is 6.54 Å². The molecule has 1 aliphatic heterocycles. The van der Waals surface area contributed by atoms with Crippen LogP contribution in [0.4, 0.5) is 0 Å². The molecular weight excluding hydrogens is 108 g/mol. The van der Waals surface area contributed by atoms with Crippen LogP contribution in [0.15, 0.2) is 0 Å². The highest BCUT2D eigenvalue weighted by atomic mass is 16.3. The average molecular weight is 118 g/mol. The molecule has 48 valence electrons. The van der Waals surface area contributed by atoms with Gasteiger partial charge in [0.2, 0.25) is 0 Å². The Morgan fingerprint density at radius 2 is 2.12 bits per heavy atom. The first-order chi connectivity index (χ1) is 3.72. The van der Waals surface area contributed by atoms with E-state index in [4.69, 9.17) is 15.9 Å². The quantitative estimate of drug-likeness (QED) is 0.286. The van der Waals surface area contributed by atoms with E-state index >= 15 is 0 Å². The lowest BCUT2D eigenvalue weighted by Crippen LogP contribution is -2.40. The molecule has 0 bridgehead atoms. The maximum absolute atomic E-state index is 8.83. The highest BCUT2D eigenvalue weighted by molar-refractivity contribution is 4.85. The maximum atomic E-state index is 8.83. The van der Waals surface area contributed by atoms with Gasteiger partial charge >= 0.3 is 0 Å². The standard InChI is InChI=1S/C4H10N2O2/c5-4-3(8)2(7)1-6-4/h2-4,6-8H,1,5H2/t2-,3+,4?/m0/s1. The van der Waals surface area contributed by atoms with Crippen LogP contribution in [-0.4, -0.2) is 35.1 Å². The van der Waals surface area contributed by atoms with E-state index in [2.05, 4.69) is 5.32 Å². The van der Waals surface area contributed by atoms with Crippen molar-refractivity contribution in [3.8, 4) is 0 Å². The molecule has 0 aromatic rings. The van der Waals surface area contributed by atoms with Crippen LogP contribution in [0.25, 0.3) is 0 Å². The van der Waals surface area contributed by atoms with E-state index in [1.54, 1.807) is 0 Å². The molecule has 0 amide bonds. The molecule has 0 spiro atoms. The molecule has 1 rings (SSSR count). The van der Waals surface area contributed by atoms with Crippen LogP contribution in [0.3, 0.4) is 0 Å². The number of rotatable bonds is 0. The number of hydrogen-bond donors (Lipinski definition) is 4. The summed E-state index contributed by atoms with van der Waals surface area (Å²) >= 11 is 0. The highest BCUT2D eigenvalue weighted by Crippen LogP contribution is 2.01. The first kappa shape index (κ1) is 5.97. The first-order valence-electron chi connectivity index (χ1n) is 2.57.